The molecule has 5 heteroatoms. The highest BCUT2D eigenvalue weighted by Crippen LogP contribution is 2.18. The van der Waals surface area contributed by atoms with Crippen LogP contribution in [0.15, 0.2) is 48.8 Å². The van der Waals surface area contributed by atoms with Crippen LogP contribution >= 0.6 is 0 Å². The molecule has 0 radical (unpaired) electrons. The summed E-state index contributed by atoms with van der Waals surface area (Å²) in [6, 6.07) is 11.2. The fraction of sp³-hybridized carbons (Fsp3) is 0.350. The molecule has 5 nitrogen and oxygen atoms in total. The van der Waals surface area contributed by atoms with Crippen molar-refractivity contribution >= 4 is 11.9 Å². The van der Waals surface area contributed by atoms with Gasteiger partial charge in [-0.15, -0.1) is 0 Å². The van der Waals surface area contributed by atoms with E-state index in [0.29, 0.717) is 5.56 Å². The molecule has 0 spiro atoms. The Hall–Kier alpha value is -2.69. The standard InChI is InChI=1S/C20H24N2O3/c1-14(2)25-19(23)13-15(3)21-20(24)18-7-5-16(6-8-18)17-9-11-22(4)12-10-17/h5-12,14-15H,13H2,1-4H3/p+1/t15-/m1/s1. The number of aromatic nitrogens is 1. The molecule has 2 aromatic rings. The van der Waals surface area contributed by atoms with Gasteiger partial charge in [-0.1, -0.05) is 12.1 Å². The van der Waals surface area contributed by atoms with Gasteiger partial charge in [0.15, 0.2) is 12.4 Å². The number of hydrogen-bond donors (Lipinski definition) is 1. The lowest BCUT2D eigenvalue weighted by Gasteiger charge is -2.15. The van der Waals surface area contributed by atoms with Crippen molar-refractivity contribution in [3.05, 3.63) is 54.4 Å². The van der Waals surface area contributed by atoms with E-state index in [1.165, 1.54) is 0 Å². The zero-order valence-corrected chi connectivity index (χ0v) is 15.2. The SMILES string of the molecule is CC(C)OC(=O)C[C@@H](C)NC(=O)c1ccc(-c2cc[n+](C)cc2)cc1. The number of benzene rings is 1. The molecule has 0 fully saturated rings. The summed E-state index contributed by atoms with van der Waals surface area (Å²) >= 11 is 0. The number of nitrogens with zero attached hydrogens (tertiary/aromatic N) is 1. The summed E-state index contributed by atoms with van der Waals surface area (Å²) in [4.78, 5) is 23.9. The Bertz CT molecular complexity index is 722. The summed E-state index contributed by atoms with van der Waals surface area (Å²) in [5, 5.41) is 2.82. The van der Waals surface area contributed by atoms with Crippen LogP contribution in [0, 0.1) is 0 Å². The molecule has 0 aliphatic rings. The fourth-order valence-electron chi connectivity index (χ4n) is 2.43. The first-order valence-corrected chi connectivity index (χ1v) is 8.41. The second-order valence-corrected chi connectivity index (χ2v) is 6.45. The molecule has 1 heterocycles. The van der Waals surface area contributed by atoms with Gasteiger partial charge in [0.2, 0.25) is 0 Å². The molecule has 1 atom stereocenters. The van der Waals surface area contributed by atoms with E-state index in [4.69, 9.17) is 4.74 Å². The number of esters is 1. The van der Waals surface area contributed by atoms with Crippen LogP contribution in [0.25, 0.3) is 11.1 Å². The second-order valence-electron chi connectivity index (χ2n) is 6.45. The minimum Gasteiger partial charge on any atom is -0.463 e. The molecule has 25 heavy (non-hydrogen) atoms. The van der Waals surface area contributed by atoms with Crippen LogP contribution < -0.4 is 9.88 Å². The Morgan fingerprint density at radius 1 is 1.00 bits per heavy atom. The second kappa shape index (κ2) is 8.42. The van der Waals surface area contributed by atoms with E-state index < -0.39 is 0 Å². The maximum Gasteiger partial charge on any atom is 0.308 e. The van der Waals surface area contributed by atoms with E-state index in [-0.39, 0.29) is 30.4 Å². The zero-order chi connectivity index (χ0) is 18.4. The summed E-state index contributed by atoms with van der Waals surface area (Å²) in [6.45, 7) is 5.39. The van der Waals surface area contributed by atoms with E-state index in [1.54, 1.807) is 32.9 Å². The Labute approximate surface area is 148 Å². The molecule has 1 aromatic carbocycles. The summed E-state index contributed by atoms with van der Waals surface area (Å²) < 4.78 is 7.06. The lowest BCUT2D eigenvalue weighted by molar-refractivity contribution is -0.671. The van der Waals surface area contributed by atoms with Crippen molar-refractivity contribution in [1.29, 1.82) is 0 Å². The molecule has 2 rings (SSSR count). The predicted molar refractivity (Wildman–Crippen MR) is 95.8 cm³/mol. The molecule has 1 amide bonds. The molecule has 1 N–H and O–H groups in total. The third-order valence-corrected chi connectivity index (χ3v) is 3.68. The van der Waals surface area contributed by atoms with Crippen LogP contribution in [0.1, 0.15) is 37.6 Å². The first-order chi connectivity index (χ1) is 11.8. The van der Waals surface area contributed by atoms with E-state index in [1.807, 2.05) is 48.3 Å². The Morgan fingerprint density at radius 3 is 2.12 bits per heavy atom. The molecular weight excluding hydrogens is 316 g/mol. The molecule has 1 aromatic heterocycles. The number of amides is 1. The van der Waals surface area contributed by atoms with Crippen molar-refractivity contribution in [1.82, 2.24) is 5.32 Å². The maximum absolute atomic E-state index is 12.3. The van der Waals surface area contributed by atoms with E-state index in [9.17, 15) is 9.59 Å². The van der Waals surface area contributed by atoms with Crippen molar-refractivity contribution in [2.24, 2.45) is 7.05 Å². The first kappa shape index (κ1) is 18.6. The molecule has 0 saturated heterocycles. The first-order valence-electron chi connectivity index (χ1n) is 8.41. The van der Waals surface area contributed by atoms with Gasteiger partial charge in [-0.2, -0.15) is 0 Å². The maximum atomic E-state index is 12.3. The van der Waals surface area contributed by atoms with Crippen molar-refractivity contribution in [3.63, 3.8) is 0 Å². The lowest BCUT2D eigenvalue weighted by Crippen LogP contribution is -2.34. The topological polar surface area (TPSA) is 59.3 Å². The third-order valence-electron chi connectivity index (χ3n) is 3.68. The lowest BCUT2D eigenvalue weighted by atomic mass is 10.0. The number of rotatable bonds is 6. The van der Waals surface area contributed by atoms with Gasteiger partial charge >= 0.3 is 5.97 Å². The van der Waals surface area contributed by atoms with Crippen molar-refractivity contribution in [2.45, 2.75) is 39.3 Å². The summed E-state index contributed by atoms with van der Waals surface area (Å²) in [5.41, 5.74) is 2.70. The minimum absolute atomic E-state index is 0.150. The van der Waals surface area contributed by atoms with Crippen molar-refractivity contribution < 1.29 is 18.9 Å². The highest BCUT2D eigenvalue weighted by Gasteiger charge is 2.15. The number of carbonyl (C=O) groups is 2. The number of carbonyl (C=O) groups excluding carboxylic acids is 2. The van der Waals surface area contributed by atoms with Gasteiger partial charge in [0.1, 0.15) is 7.05 Å². The molecule has 0 bridgehead atoms. The van der Waals surface area contributed by atoms with Gasteiger partial charge in [0.05, 0.1) is 12.5 Å². The third kappa shape index (κ3) is 5.71. The number of ether oxygens (including phenoxy) is 1. The highest BCUT2D eigenvalue weighted by atomic mass is 16.5. The average Bonchev–Trinajstić information content (AvgIpc) is 2.54. The van der Waals surface area contributed by atoms with E-state index in [2.05, 4.69) is 5.32 Å². The van der Waals surface area contributed by atoms with Gasteiger partial charge in [-0.3, -0.25) is 9.59 Å². The number of pyridine rings is 1. The van der Waals surface area contributed by atoms with Crippen molar-refractivity contribution in [2.75, 3.05) is 0 Å². The minimum atomic E-state index is -0.310. The van der Waals surface area contributed by atoms with Crippen molar-refractivity contribution in [3.8, 4) is 11.1 Å². The average molecular weight is 341 g/mol. The Kier molecular flexibility index (Phi) is 6.28. The smallest absolute Gasteiger partial charge is 0.308 e. The molecule has 132 valence electrons. The van der Waals surface area contributed by atoms with Crippen LogP contribution in [0.5, 0.6) is 0 Å². The predicted octanol–water partition coefficient (Wildman–Crippen LogP) is 2.64. The quantitative estimate of drug-likeness (QED) is 0.649. The highest BCUT2D eigenvalue weighted by molar-refractivity contribution is 5.95. The van der Waals surface area contributed by atoms with Crippen LogP contribution in [-0.4, -0.2) is 24.0 Å². The molecule has 0 aliphatic carbocycles. The summed E-state index contributed by atoms with van der Waals surface area (Å²) in [5.74, 6) is -0.508. The van der Waals surface area contributed by atoms with Crippen LogP contribution in [0.4, 0.5) is 0 Å². The molecular formula is C20H25N2O3+. The van der Waals surface area contributed by atoms with Crippen LogP contribution in [-0.2, 0) is 16.6 Å². The van der Waals surface area contributed by atoms with Gasteiger partial charge < -0.3 is 10.1 Å². The van der Waals surface area contributed by atoms with Crippen LogP contribution in [0.3, 0.4) is 0 Å². The normalized spacial score (nSPS) is 11.9. The van der Waals surface area contributed by atoms with E-state index in [0.717, 1.165) is 11.1 Å². The summed E-state index contributed by atoms with van der Waals surface area (Å²) in [6.07, 6.45) is 3.97. The van der Waals surface area contributed by atoms with Gasteiger partial charge in [-0.25, -0.2) is 4.57 Å². The number of nitrogens with one attached hydrogen (secondary N) is 1. The fourth-order valence-corrected chi connectivity index (χ4v) is 2.43. The molecule has 0 aliphatic heterocycles. The van der Waals surface area contributed by atoms with Gasteiger partial charge in [0.25, 0.3) is 5.91 Å². The van der Waals surface area contributed by atoms with E-state index >= 15 is 0 Å². The summed E-state index contributed by atoms with van der Waals surface area (Å²) in [7, 11) is 1.97. The molecule has 0 unspecified atom stereocenters. The van der Waals surface area contributed by atoms with Gasteiger partial charge in [-0.05, 0) is 44.0 Å². The Morgan fingerprint density at radius 2 is 1.56 bits per heavy atom. The number of aryl methyl sites for hydroxylation is 1. The monoisotopic (exact) mass is 341 g/mol. The largest absolute Gasteiger partial charge is 0.463 e. The molecule has 0 saturated carbocycles. The van der Waals surface area contributed by atoms with Crippen LogP contribution in [0.2, 0.25) is 0 Å². The Balaban J connectivity index is 1.96. The zero-order valence-electron chi connectivity index (χ0n) is 15.2. The van der Waals surface area contributed by atoms with Gasteiger partial charge in [0, 0.05) is 23.7 Å². The number of hydrogen-bond acceptors (Lipinski definition) is 3.